The van der Waals surface area contributed by atoms with Crippen LogP contribution in [0.2, 0.25) is 0 Å². The highest BCUT2D eigenvalue weighted by Gasteiger charge is 2.50. The Morgan fingerprint density at radius 1 is 1.06 bits per heavy atom. The minimum Gasteiger partial charge on any atom is -0.271 e. The van der Waals surface area contributed by atoms with E-state index in [2.05, 4.69) is 5.43 Å². The van der Waals surface area contributed by atoms with Crippen molar-refractivity contribution in [3.05, 3.63) is 0 Å². The highest BCUT2D eigenvalue weighted by molar-refractivity contribution is 4.95. The summed E-state index contributed by atoms with van der Waals surface area (Å²) in [5.41, 5.74) is 2.64. The van der Waals surface area contributed by atoms with Crippen LogP contribution in [0.15, 0.2) is 0 Å². The summed E-state index contributed by atoms with van der Waals surface area (Å²) in [5, 5.41) is 0. The molecule has 2 fully saturated rings. The Morgan fingerprint density at radius 3 is 2.19 bits per heavy atom. The monoisotopic (exact) mass is 236 g/mol. The third-order valence-electron chi connectivity index (χ3n) is 4.02. The van der Waals surface area contributed by atoms with Gasteiger partial charge in [-0.25, -0.2) is 0 Å². The first-order chi connectivity index (χ1) is 7.54. The Hall–Kier alpha value is -0.290. The fraction of sp³-hybridized carbons (Fsp3) is 1.00. The molecule has 0 aromatic rings. The van der Waals surface area contributed by atoms with Gasteiger partial charge in [0.15, 0.2) is 0 Å². The van der Waals surface area contributed by atoms with Crippen LogP contribution in [0.3, 0.4) is 0 Å². The van der Waals surface area contributed by atoms with Gasteiger partial charge in [0.25, 0.3) is 0 Å². The molecule has 3 unspecified atom stereocenters. The predicted molar refractivity (Wildman–Crippen MR) is 55.3 cm³/mol. The van der Waals surface area contributed by atoms with E-state index >= 15 is 0 Å². The van der Waals surface area contributed by atoms with E-state index in [1.165, 1.54) is 0 Å². The lowest BCUT2D eigenvalue weighted by atomic mass is 9.73. The molecule has 0 aliphatic heterocycles. The van der Waals surface area contributed by atoms with Gasteiger partial charge >= 0.3 is 6.18 Å². The number of nitrogens with two attached hydrogens (primary N) is 1. The van der Waals surface area contributed by atoms with Crippen molar-refractivity contribution in [2.45, 2.75) is 50.7 Å². The number of hydrogen-bond acceptors (Lipinski definition) is 2. The Kier molecular flexibility index (Phi) is 3.45. The summed E-state index contributed by atoms with van der Waals surface area (Å²) in [5.74, 6) is 4.34. The lowest BCUT2D eigenvalue weighted by Crippen LogP contribution is -2.49. The standard InChI is InChI=1S/C11H19F3N2/c12-11(13,14)9-4-2-1-3-8(9)10(16-15)7-5-6-7/h7-10,16H,1-6,15H2. The van der Waals surface area contributed by atoms with Gasteiger partial charge in [-0.1, -0.05) is 12.8 Å². The molecule has 0 saturated heterocycles. The third kappa shape index (κ3) is 2.51. The van der Waals surface area contributed by atoms with Gasteiger partial charge in [-0.05, 0) is 37.5 Å². The Morgan fingerprint density at radius 2 is 1.69 bits per heavy atom. The van der Waals surface area contributed by atoms with Crippen molar-refractivity contribution < 1.29 is 13.2 Å². The van der Waals surface area contributed by atoms with E-state index in [1.807, 2.05) is 0 Å². The second kappa shape index (κ2) is 4.53. The zero-order valence-electron chi connectivity index (χ0n) is 9.26. The lowest BCUT2D eigenvalue weighted by Gasteiger charge is -2.38. The van der Waals surface area contributed by atoms with Gasteiger partial charge in [0, 0.05) is 6.04 Å². The smallest absolute Gasteiger partial charge is 0.271 e. The summed E-state index contributed by atoms with van der Waals surface area (Å²) in [6.45, 7) is 0. The number of nitrogens with one attached hydrogen (secondary N) is 1. The summed E-state index contributed by atoms with van der Waals surface area (Å²) in [4.78, 5) is 0. The summed E-state index contributed by atoms with van der Waals surface area (Å²) in [6.07, 6.45) is 0.528. The van der Waals surface area contributed by atoms with E-state index in [0.717, 1.165) is 19.3 Å². The van der Waals surface area contributed by atoms with Crippen molar-refractivity contribution in [3.63, 3.8) is 0 Å². The fourth-order valence-electron chi connectivity index (χ4n) is 3.06. The van der Waals surface area contributed by atoms with Crippen LogP contribution in [0, 0.1) is 17.8 Å². The minimum atomic E-state index is -4.06. The molecule has 5 heteroatoms. The van der Waals surface area contributed by atoms with Gasteiger partial charge in [-0.15, -0.1) is 0 Å². The minimum absolute atomic E-state index is 0.132. The Bertz CT molecular complexity index is 238. The van der Waals surface area contributed by atoms with Crippen LogP contribution >= 0.6 is 0 Å². The van der Waals surface area contributed by atoms with Gasteiger partial charge in [0.1, 0.15) is 0 Å². The highest BCUT2D eigenvalue weighted by Crippen LogP contribution is 2.47. The predicted octanol–water partition coefficient (Wildman–Crippen LogP) is 2.60. The lowest BCUT2D eigenvalue weighted by molar-refractivity contribution is -0.200. The molecule has 0 aromatic heterocycles. The van der Waals surface area contributed by atoms with Gasteiger partial charge in [0.2, 0.25) is 0 Å². The van der Waals surface area contributed by atoms with Crippen molar-refractivity contribution in [2.24, 2.45) is 23.6 Å². The van der Waals surface area contributed by atoms with Crippen molar-refractivity contribution in [1.82, 2.24) is 5.43 Å². The third-order valence-corrected chi connectivity index (χ3v) is 4.02. The van der Waals surface area contributed by atoms with Gasteiger partial charge in [-0.2, -0.15) is 13.2 Å². The first-order valence-corrected chi connectivity index (χ1v) is 6.07. The molecule has 2 rings (SSSR count). The van der Waals surface area contributed by atoms with Gasteiger partial charge in [0.05, 0.1) is 5.92 Å². The van der Waals surface area contributed by atoms with Crippen LogP contribution in [-0.4, -0.2) is 12.2 Å². The number of rotatable bonds is 3. The summed E-state index contributed by atoms with van der Waals surface area (Å²) in [7, 11) is 0. The maximum atomic E-state index is 12.9. The number of alkyl halides is 3. The quantitative estimate of drug-likeness (QED) is 0.584. The summed E-state index contributed by atoms with van der Waals surface area (Å²) >= 11 is 0. The maximum Gasteiger partial charge on any atom is 0.392 e. The second-order valence-corrected chi connectivity index (χ2v) is 5.13. The van der Waals surface area contributed by atoms with Crippen LogP contribution in [0.1, 0.15) is 38.5 Å². The SMILES string of the molecule is NNC(C1CC1)C1CCCCC1C(F)(F)F. The topological polar surface area (TPSA) is 38.0 Å². The molecule has 3 N–H and O–H groups in total. The number of hydrogen-bond donors (Lipinski definition) is 2. The molecule has 2 nitrogen and oxygen atoms in total. The first kappa shape index (κ1) is 12.2. The van der Waals surface area contributed by atoms with Crippen LogP contribution in [0.4, 0.5) is 13.2 Å². The Labute approximate surface area is 93.7 Å². The largest absolute Gasteiger partial charge is 0.392 e. The molecule has 0 amide bonds. The first-order valence-electron chi connectivity index (χ1n) is 6.07. The van der Waals surface area contributed by atoms with E-state index in [9.17, 15) is 13.2 Å². The normalized spacial score (nSPS) is 33.8. The molecule has 2 saturated carbocycles. The zero-order valence-corrected chi connectivity index (χ0v) is 9.26. The van der Waals surface area contributed by atoms with Crippen LogP contribution in [0.25, 0.3) is 0 Å². The fourth-order valence-corrected chi connectivity index (χ4v) is 3.06. The van der Waals surface area contributed by atoms with Crippen LogP contribution in [-0.2, 0) is 0 Å². The molecule has 0 radical (unpaired) electrons. The molecule has 0 spiro atoms. The molecular formula is C11H19F3N2. The van der Waals surface area contributed by atoms with Crippen molar-refractivity contribution >= 4 is 0 Å². The number of halogens is 3. The van der Waals surface area contributed by atoms with E-state index in [4.69, 9.17) is 5.84 Å². The molecule has 2 aliphatic carbocycles. The summed E-state index contributed by atoms with van der Waals surface area (Å²) < 4.78 is 38.7. The highest BCUT2D eigenvalue weighted by atomic mass is 19.4. The Balaban J connectivity index is 2.08. The van der Waals surface area contributed by atoms with Crippen molar-refractivity contribution in [3.8, 4) is 0 Å². The van der Waals surface area contributed by atoms with Crippen LogP contribution < -0.4 is 11.3 Å². The van der Waals surface area contributed by atoms with E-state index in [1.54, 1.807) is 0 Å². The molecule has 94 valence electrons. The molecular weight excluding hydrogens is 217 g/mol. The van der Waals surface area contributed by atoms with Crippen molar-refractivity contribution in [1.29, 1.82) is 0 Å². The molecule has 3 atom stereocenters. The molecule has 0 heterocycles. The molecule has 16 heavy (non-hydrogen) atoms. The second-order valence-electron chi connectivity index (χ2n) is 5.13. The van der Waals surface area contributed by atoms with Crippen molar-refractivity contribution in [2.75, 3.05) is 0 Å². The average molecular weight is 236 g/mol. The maximum absolute atomic E-state index is 12.9. The zero-order chi connectivity index (χ0) is 11.8. The van der Waals surface area contributed by atoms with Crippen LogP contribution in [0.5, 0.6) is 0 Å². The molecule has 0 aromatic carbocycles. The van der Waals surface area contributed by atoms with E-state index in [-0.39, 0.29) is 18.4 Å². The van der Waals surface area contributed by atoms with Gasteiger partial charge in [-0.3, -0.25) is 11.3 Å². The number of hydrazine groups is 1. The summed E-state index contributed by atoms with van der Waals surface area (Å²) in [6, 6.07) is -0.132. The molecule has 0 bridgehead atoms. The van der Waals surface area contributed by atoms with E-state index in [0.29, 0.717) is 18.8 Å². The molecule has 2 aliphatic rings. The van der Waals surface area contributed by atoms with Gasteiger partial charge < -0.3 is 0 Å². The van der Waals surface area contributed by atoms with E-state index < -0.39 is 12.1 Å². The average Bonchev–Trinajstić information content (AvgIpc) is 3.02.